The Morgan fingerprint density at radius 1 is 0.474 bits per heavy atom. The minimum atomic E-state index is -2.92. The molecule has 3 aliphatic rings. The van der Waals surface area contributed by atoms with Crippen LogP contribution in [0.3, 0.4) is 0 Å². The summed E-state index contributed by atoms with van der Waals surface area (Å²) in [7, 11) is -4.50. The first-order valence-corrected chi connectivity index (χ1v) is 50.3. The van der Waals surface area contributed by atoms with Crippen LogP contribution in [0.2, 0.25) is 87.3 Å². The minimum Gasteiger partial charge on any atom is -0.301 e. The van der Waals surface area contributed by atoms with E-state index in [0.29, 0.717) is 17.0 Å². The topological polar surface area (TPSA) is 146 Å². The molecule has 0 aromatic rings. The summed E-state index contributed by atoms with van der Waals surface area (Å²) in [6.07, 6.45) is 11.3. The molecule has 6 atom stereocenters. The maximum Gasteiger partial charge on any atom is 0.266 e. The fourth-order valence-corrected chi connectivity index (χ4v) is 116. The van der Waals surface area contributed by atoms with E-state index in [1.807, 2.05) is 46.7 Å². The molecule has 3 aliphatic heterocycles. The van der Waals surface area contributed by atoms with Crippen molar-refractivity contribution in [1.82, 2.24) is 0 Å². The molecule has 27 heteroatoms. The summed E-state index contributed by atoms with van der Waals surface area (Å²) in [5, 5.41) is 26.6. The second-order valence-corrected chi connectivity index (χ2v) is 72.4. The van der Waals surface area contributed by atoms with Gasteiger partial charge in [0.15, 0.2) is 30.2 Å². The molecule has 0 radical (unpaired) electrons. The smallest absolute Gasteiger partial charge is 0.266 e. The third kappa shape index (κ3) is 15.4. The van der Waals surface area contributed by atoms with Crippen LogP contribution in [0.15, 0.2) is 30.0 Å². The van der Waals surface area contributed by atoms with Crippen molar-refractivity contribution in [2.45, 2.75) is 87.3 Å². The van der Waals surface area contributed by atoms with Crippen LogP contribution < -0.4 is 0 Å². The Labute approximate surface area is 391 Å². The van der Waals surface area contributed by atoms with Gasteiger partial charge in [0.05, 0.1) is 8.07 Å². The molecule has 3 fully saturated rings. The number of aliphatic imine (C=N–C) groups is 6. The maximum absolute atomic E-state index is 9.13. The maximum atomic E-state index is 9.13. The number of nitrogens with zero attached hydrogens (tertiary/aromatic N) is 9. The normalized spacial score (nSPS) is 40.4. The zero-order chi connectivity index (χ0) is 44.2. The molecule has 0 aliphatic carbocycles. The van der Waals surface area contributed by atoms with Crippen molar-refractivity contribution < 1.29 is 0 Å². The third-order valence-corrected chi connectivity index (χ3v) is 86.3. The summed E-state index contributed by atoms with van der Waals surface area (Å²) in [4.78, 5) is 24.8. The summed E-state index contributed by atoms with van der Waals surface area (Å²) in [6.45, 7) is 0.500. The molecule has 9 nitrogen and oxygen atoms in total. The fraction of sp³-hybridized carbons (Fsp3) is 0.700. The number of nitriles is 3. The quantitative estimate of drug-likeness (QED) is 0.129. The Morgan fingerprint density at radius 2 is 0.825 bits per heavy atom. The van der Waals surface area contributed by atoms with Gasteiger partial charge in [-0.1, -0.05) is 19.6 Å². The lowest BCUT2D eigenvalue weighted by atomic mass is 10.8. The Bertz CT molecular complexity index is 1460. The third-order valence-electron chi connectivity index (χ3n) is 10.5. The molecule has 3 heterocycles. The Kier molecular flexibility index (Phi) is 22.7. The van der Waals surface area contributed by atoms with Gasteiger partial charge in [0, 0.05) is 81.1 Å². The molecule has 0 aromatic carbocycles. The largest absolute Gasteiger partial charge is 0.301 e. The predicted molar refractivity (Wildman–Crippen MR) is 280 cm³/mol. The molecule has 3 rings (SSSR count). The molecule has 0 saturated carbocycles. The van der Waals surface area contributed by atoms with Gasteiger partial charge < -0.3 is 30.0 Å². The van der Waals surface area contributed by atoms with Gasteiger partial charge in [0.1, 0.15) is 0 Å². The van der Waals surface area contributed by atoms with Crippen LogP contribution >= 0.6 is 99.7 Å². The van der Waals surface area contributed by atoms with Crippen molar-refractivity contribution in [1.29, 1.82) is 15.8 Å². The lowest BCUT2D eigenvalue weighted by Gasteiger charge is -2.51. The minimum absolute atomic E-state index is 0.177. The molecule has 6 unspecified atom stereocenters. The van der Waals surface area contributed by atoms with Gasteiger partial charge in [-0.2, -0.15) is 33.2 Å². The molecule has 318 valence electrons. The summed E-state index contributed by atoms with van der Waals surface area (Å²) in [5.74, 6) is 0. The molecule has 0 bridgehead atoms. The second kappa shape index (κ2) is 23.1. The van der Waals surface area contributed by atoms with E-state index in [2.05, 4.69) is 59.8 Å². The number of rotatable bonds is 9. The SMILES string of the molecule is CN=CC1[Si](C)(Cl)C(C=NC)[Si](Cl)(Cl)C(C=NC)[Si]1(Cl)Cl.CN=CC[Si]1(C)C[Si](Cl)(CC=NC)C[Si](Cl)(CC=NC)C1.C[Si]1(C#N)C[Si](Cl)(C#N)C[Si](Cl)(C#N)C1. The average Bonchev–Trinajstić information content (AvgIpc) is 3.11. The fourth-order valence-electron chi connectivity index (χ4n) is 8.37. The molecule has 3 saturated heterocycles. The van der Waals surface area contributed by atoms with Gasteiger partial charge in [-0.25, -0.2) is 15.8 Å². The zero-order valence-electron chi connectivity index (χ0n) is 34.0. The summed E-state index contributed by atoms with van der Waals surface area (Å²) >= 11 is 60.8. The van der Waals surface area contributed by atoms with Crippen LogP contribution in [-0.2, 0) is 0 Å². The lowest BCUT2D eigenvalue weighted by Crippen LogP contribution is -2.65. The molecule has 57 heavy (non-hydrogen) atoms. The van der Waals surface area contributed by atoms with Gasteiger partial charge >= 0.3 is 0 Å². The first kappa shape index (κ1) is 56.1. The molecule has 0 aromatic heterocycles. The number of halogens is 9. The van der Waals surface area contributed by atoms with Crippen molar-refractivity contribution in [2.24, 2.45) is 30.0 Å². The summed E-state index contributed by atoms with van der Waals surface area (Å²) in [5.41, 5.74) is 11.7. The second-order valence-electron chi connectivity index (χ2n) is 16.1. The molecular formula is C30H54Cl9N9Si9. The Balaban J connectivity index is 0.000000434. The first-order valence-electron chi connectivity index (χ1n) is 18.1. The van der Waals surface area contributed by atoms with E-state index in [0.717, 1.165) is 23.8 Å². The highest BCUT2D eigenvalue weighted by molar-refractivity contribution is 7.66. The first-order chi connectivity index (χ1) is 26.2. The molecular weight excluding hydrogens is 1060 g/mol. The molecule has 0 spiro atoms. The van der Waals surface area contributed by atoms with Crippen LogP contribution in [0.5, 0.6) is 0 Å². The van der Waals surface area contributed by atoms with Gasteiger partial charge in [-0.3, -0.25) is 0 Å². The molecule has 0 amide bonds. The van der Waals surface area contributed by atoms with Crippen LogP contribution in [0.1, 0.15) is 0 Å². The van der Waals surface area contributed by atoms with E-state index in [-0.39, 0.29) is 15.5 Å². The monoisotopic (exact) mass is 1110 g/mol. The van der Waals surface area contributed by atoms with Gasteiger partial charge in [-0.15, -0.1) is 66.5 Å². The van der Waals surface area contributed by atoms with Crippen molar-refractivity contribution in [2.75, 3.05) is 42.3 Å². The van der Waals surface area contributed by atoms with Crippen LogP contribution in [0, 0.1) is 32.9 Å². The Hall–Kier alpha value is 1.05. The lowest BCUT2D eigenvalue weighted by molar-refractivity contribution is 1.28. The van der Waals surface area contributed by atoms with Gasteiger partial charge in [0.2, 0.25) is 0 Å². The summed E-state index contributed by atoms with van der Waals surface area (Å²) in [6, 6.07) is 3.03. The van der Waals surface area contributed by atoms with Crippen molar-refractivity contribution in [3.8, 4) is 17.1 Å². The van der Waals surface area contributed by atoms with Gasteiger partial charge in [-0.05, 0) is 83.2 Å². The van der Waals surface area contributed by atoms with Gasteiger partial charge in [0.25, 0.3) is 28.2 Å². The summed E-state index contributed by atoms with van der Waals surface area (Å²) < 4.78 is 0. The highest BCUT2D eigenvalue weighted by atomic mass is 35.7. The van der Waals surface area contributed by atoms with Crippen molar-refractivity contribution >= 4 is 203 Å². The van der Waals surface area contributed by atoms with E-state index in [9.17, 15) is 0 Å². The average molecular weight is 1110 g/mol. The predicted octanol–water partition coefficient (Wildman–Crippen LogP) is 10.9. The van der Waals surface area contributed by atoms with Crippen molar-refractivity contribution in [3.63, 3.8) is 0 Å². The number of hydrogen-bond donors (Lipinski definition) is 0. The van der Waals surface area contributed by atoms with E-state index in [1.54, 1.807) is 39.8 Å². The van der Waals surface area contributed by atoms with E-state index in [4.69, 9.17) is 115 Å². The van der Waals surface area contributed by atoms with Crippen molar-refractivity contribution in [3.05, 3.63) is 0 Å². The van der Waals surface area contributed by atoms with Crippen LogP contribution in [0.4, 0.5) is 0 Å². The van der Waals surface area contributed by atoms with E-state index < -0.39 is 66.5 Å². The standard InChI is InChI=1S/C13H27Cl2N3Si3.C10H18Cl5N3Si3.C7H9Cl2N3Si3/c1-16-5-8-19(4)11-20(14,9-6-17-2)13-21(15,12-19)10-7-18-3;1-16-5-8-19(4,11)9(6-17-2)21(14,15)10(7-18-3)20(8,12)13;1-13(2-10)5-14(8,3-11)7-15(9,4-12)6-13/h5-7H,8-13H2,1-4H3;5-10H,1-4H3;5-7H2,1H3. The number of hydrogen-bond acceptors (Lipinski definition) is 9. The highest BCUT2D eigenvalue weighted by Crippen LogP contribution is 2.62. The zero-order valence-corrected chi connectivity index (χ0v) is 49.8. The molecule has 0 N–H and O–H groups in total. The van der Waals surface area contributed by atoms with E-state index >= 15 is 0 Å². The Morgan fingerprint density at radius 3 is 1.14 bits per heavy atom. The van der Waals surface area contributed by atoms with Crippen LogP contribution in [-0.4, -0.2) is 146 Å². The van der Waals surface area contributed by atoms with E-state index in [1.165, 1.54) is 11.3 Å². The highest BCUT2D eigenvalue weighted by Gasteiger charge is 2.71. The van der Waals surface area contributed by atoms with Crippen LogP contribution in [0.25, 0.3) is 0 Å².